The van der Waals surface area contributed by atoms with Crippen LogP contribution in [0.2, 0.25) is 0 Å². The standard InChI is InChI=1S/C13H17N3O/c1-3-17-9-12(14-2)10-5-4-6-11-13(10)16-8-7-15-11/h4-8,12,14H,3,9H2,1-2H3. The van der Waals surface area contributed by atoms with Crippen LogP contribution in [-0.4, -0.2) is 30.2 Å². The van der Waals surface area contributed by atoms with Crippen LogP contribution in [0.25, 0.3) is 11.0 Å². The van der Waals surface area contributed by atoms with Crippen molar-refractivity contribution in [3.63, 3.8) is 0 Å². The molecule has 2 rings (SSSR count). The van der Waals surface area contributed by atoms with E-state index in [1.54, 1.807) is 12.4 Å². The molecular weight excluding hydrogens is 214 g/mol. The third-order valence-electron chi connectivity index (χ3n) is 2.74. The van der Waals surface area contributed by atoms with Gasteiger partial charge < -0.3 is 10.1 Å². The van der Waals surface area contributed by atoms with Gasteiger partial charge in [0, 0.05) is 19.0 Å². The molecule has 1 aromatic carbocycles. The zero-order valence-corrected chi connectivity index (χ0v) is 10.2. The zero-order valence-electron chi connectivity index (χ0n) is 10.2. The second kappa shape index (κ2) is 5.70. The normalized spacial score (nSPS) is 12.8. The van der Waals surface area contributed by atoms with E-state index in [4.69, 9.17) is 4.74 Å². The molecule has 4 nitrogen and oxygen atoms in total. The second-order valence-electron chi connectivity index (χ2n) is 3.77. The van der Waals surface area contributed by atoms with Gasteiger partial charge in [-0.2, -0.15) is 0 Å². The lowest BCUT2D eigenvalue weighted by molar-refractivity contribution is 0.125. The van der Waals surface area contributed by atoms with Crippen molar-refractivity contribution in [3.8, 4) is 0 Å². The molecule has 1 unspecified atom stereocenters. The number of hydrogen-bond acceptors (Lipinski definition) is 4. The Kier molecular flexibility index (Phi) is 4.01. The highest BCUT2D eigenvalue weighted by Crippen LogP contribution is 2.21. The van der Waals surface area contributed by atoms with Crippen molar-refractivity contribution in [3.05, 3.63) is 36.2 Å². The van der Waals surface area contributed by atoms with Crippen LogP contribution in [0.15, 0.2) is 30.6 Å². The van der Waals surface area contributed by atoms with Crippen LogP contribution in [0.4, 0.5) is 0 Å². The van der Waals surface area contributed by atoms with Gasteiger partial charge >= 0.3 is 0 Å². The fraction of sp³-hybridized carbons (Fsp3) is 0.385. The average Bonchev–Trinajstić information content (AvgIpc) is 2.40. The third-order valence-corrected chi connectivity index (χ3v) is 2.74. The van der Waals surface area contributed by atoms with Crippen LogP contribution in [-0.2, 0) is 4.74 Å². The molecule has 0 amide bonds. The summed E-state index contributed by atoms with van der Waals surface area (Å²) in [7, 11) is 1.93. The Labute approximate surface area is 101 Å². The summed E-state index contributed by atoms with van der Waals surface area (Å²) < 4.78 is 5.48. The third kappa shape index (κ3) is 2.60. The molecule has 17 heavy (non-hydrogen) atoms. The van der Waals surface area contributed by atoms with Gasteiger partial charge in [0.25, 0.3) is 0 Å². The first-order chi connectivity index (χ1) is 8.36. The lowest BCUT2D eigenvalue weighted by Gasteiger charge is -2.17. The van der Waals surface area contributed by atoms with Gasteiger partial charge in [0.05, 0.1) is 23.7 Å². The minimum absolute atomic E-state index is 0.148. The Hall–Kier alpha value is -1.52. The van der Waals surface area contributed by atoms with Gasteiger partial charge in [-0.3, -0.25) is 9.97 Å². The molecule has 0 fully saturated rings. The highest BCUT2D eigenvalue weighted by atomic mass is 16.5. The van der Waals surface area contributed by atoms with Gasteiger partial charge in [0.1, 0.15) is 0 Å². The molecule has 1 atom stereocenters. The number of nitrogens with zero attached hydrogens (tertiary/aromatic N) is 2. The molecule has 0 saturated heterocycles. The topological polar surface area (TPSA) is 47.0 Å². The fourth-order valence-corrected chi connectivity index (χ4v) is 1.86. The molecule has 2 aromatic rings. The van der Waals surface area contributed by atoms with Gasteiger partial charge in [-0.1, -0.05) is 12.1 Å². The summed E-state index contributed by atoms with van der Waals surface area (Å²) >= 11 is 0. The molecule has 1 heterocycles. The zero-order chi connectivity index (χ0) is 12.1. The van der Waals surface area contributed by atoms with Crippen molar-refractivity contribution in [1.29, 1.82) is 0 Å². The van der Waals surface area contributed by atoms with E-state index in [2.05, 4.69) is 21.4 Å². The number of ether oxygens (including phenoxy) is 1. The minimum atomic E-state index is 0.148. The summed E-state index contributed by atoms with van der Waals surface area (Å²) in [6.45, 7) is 3.35. The van der Waals surface area contributed by atoms with Crippen molar-refractivity contribution in [2.24, 2.45) is 0 Å². The van der Waals surface area contributed by atoms with E-state index in [1.165, 1.54) is 0 Å². The number of likely N-dealkylation sites (N-methyl/N-ethyl adjacent to an activating group) is 1. The molecule has 0 bridgehead atoms. The molecule has 0 radical (unpaired) electrons. The monoisotopic (exact) mass is 231 g/mol. The van der Waals surface area contributed by atoms with E-state index in [9.17, 15) is 0 Å². The highest BCUT2D eigenvalue weighted by molar-refractivity contribution is 5.78. The Morgan fingerprint density at radius 1 is 1.29 bits per heavy atom. The minimum Gasteiger partial charge on any atom is -0.380 e. The maximum absolute atomic E-state index is 5.48. The molecule has 0 saturated carbocycles. The van der Waals surface area contributed by atoms with E-state index in [-0.39, 0.29) is 6.04 Å². The summed E-state index contributed by atoms with van der Waals surface area (Å²) in [6, 6.07) is 6.19. The number of nitrogens with one attached hydrogen (secondary N) is 1. The van der Waals surface area contributed by atoms with Gasteiger partial charge in [0.15, 0.2) is 0 Å². The molecule has 0 spiro atoms. The summed E-state index contributed by atoms with van der Waals surface area (Å²) in [5, 5.41) is 3.25. The quantitative estimate of drug-likeness (QED) is 0.854. The first kappa shape index (κ1) is 12.0. The number of rotatable bonds is 5. The highest BCUT2D eigenvalue weighted by Gasteiger charge is 2.13. The molecule has 0 aliphatic carbocycles. The number of fused-ring (bicyclic) bond motifs is 1. The smallest absolute Gasteiger partial charge is 0.0935 e. The number of hydrogen-bond donors (Lipinski definition) is 1. The molecule has 1 N–H and O–H groups in total. The van der Waals surface area contributed by atoms with Crippen molar-refractivity contribution in [2.45, 2.75) is 13.0 Å². The lowest BCUT2D eigenvalue weighted by atomic mass is 10.1. The number of aromatic nitrogens is 2. The summed E-state index contributed by atoms with van der Waals surface area (Å²) in [5.74, 6) is 0. The summed E-state index contributed by atoms with van der Waals surface area (Å²) in [4.78, 5) is 8.71. The predicted octanol–water partition coefficient (Wildman–Crippen LogP) is 1.93. The van der Waals surface area contributed by atoms with Gasteiger partial charge in [-0.15, -0.1) is 0 Å². The number of benzene rings is 1. The maximum Gasteiger partial charge on any atom is 0.0935 e. The van der Waals surface area contributed by atoms with E-state index < -0.39 is 0 Å². The molecule has 1 aromatic heterocycles. The van der Waals surface area contributed by atoms with E-state index >= 15 is 0 Å². The van der Waals surface area contributed by atoms with Crippen LogP contribution in [0.1, 0.15) is 18.5 Å². The van der Waals surface area contributed by atoms with Crippen molar-refractivity contribution >= 4 is 11.0 Å². The predicted molar refractivity (Wildman–Crippen MR) is 67.8 cm³/mol. The van der Waals surface area contributed by atoms with Gasteiger partial charge in [0.2, 0.25) is 0 Å². The first-order valence-corrected chi connectivity index (χ1v) is 5.81. The van der Waals surface area contributed by atoms with E-state index in [0.717, 1.165) is 16.6 Å². The molecule has 90 valence electrons. The first-order valence-electron chi connectivity index (χ1n) is 5.81. The summed E-state index contributed by atoms with van der Waals surface area (Å²) in [6.07, 6.45) is 3.43. The van der Waals surface area contributed by atoms with Crippen LogP contribution in [0.3, 0.4) is 0 Å². The van der Waals surface area contributed by atoms with Crippen LogP contribution < -0.4 is 5.32 Å². The Balaban J connectivity index is 2.38. The van der Waals surface area contributed by atoms with Crippen LogP contribution >= 0.6 is 0 Å². The maximum atomic E-state index is 5.48. The van der Waals surface area contributed by atoms with E-state index in [1.807, 2.05) is 26.1 Å². The van der Waals surface area contributed by atoms with E-state index in [0.29, 0.717) is 13.2 Å². The fourth-order valence-electron chi connectivity index (χ4n) is 1.86. The Bertz CT molecular complexity index is 482. The largest absolute Gasteiger partial charge is 0.380 e. The van der Waals surface area contributed by atoms with Crippen molar-refractivity contribution in [1.82, 2.24) is 15.3 Å². The Morgan fingerprint density at radius 3 is 2.88 bits per heavy atom. The van der Waals surface area contributed by atoms with Crippen molar-refractivity contribution < 1.29 is 4.74 Å². The SMILES string of the molecule is CCOCC(NC)c1cccc2nccnc12. The molecular formula is C13H17N3O. The molecule has 0 aliphatic rings. The van der Waals surface area contributed by atoms with Crippen LogP contribution in [0.5, 0.6) is 0 Å². The molecule has 0 aliphatic heterocycles. The molecule has 4 heteroatoms. The summed E-state index contributed by atoms with van der Waals surface area (Å²) in [5.41, 5.74) is 2.99. The lowest BCUT2D eigenvalue weighted by Crippen LogP contribution is -2.22. The average molecular weight is 231 g/mol. The van der Waals surface area contributed by atoms with Gasteiger partial charge in [-0.25, -0.2) is 0 Å². The number of para-hydroxylation sites is 1. The van der Waals surface area contributed by atoms with Gasteiger partial charge in [-0.05, 0) is 25.6 Å². The Morgan fingerprint density at radius 2 is 2.12 bits per heavy atom. The van der Waals surface area contributed by atoms with Crippen LogP contribution in [0, 0.1) is 0 Å². The second-order valence-corrected chi connectivity index (χ2v) is 3.77. The van der Waals surface area contributed by atoms with Crippen molar-refractivity contribution in [2.75, 3.05) is 20.3 Å².